The summed E-state index contributed by atoms with van der Waals surface area (Å²) in [5.74, 6) is 0.0380. The van der Waals surface area contributed by atoms with Gasteiger partial charge in [0.25, 0.3) is 0 Å². The zero-order chi connectivity index (χ0) is 19.3. The minimum Gasteiger partial charge on any atom is -0.383 e. The van der Waals surface area contributed by atoms with E-state index in [9.17, 15) is 4.79 Å². The van der Waals surface area contributed by atoms with Crippen LogP contribution in [0, 0.1) is 0 Å². The number of nitrogens with zero attached hydrogens (tertiary/aromatic N) is 3. The van der Waals surface area contributed by atoms with Crippen molar-refractivity contribution in [1.82, 2.24) is 14.5 Å². The van der Waals surface area contributed by atoms with Crippen LogP contribution in [-0.4, -0.2) is 46.7 Å². The first-order valence-corrected chi connectivity index (χ1v) is 9.78. The first-order chi connectivity index (χ1) is 13.8. The zero-order valence-corrected chi connectivity index (χ0v) is 16.1. The van der Waals surface area contributed by atoms with E-state index in [4.69, 9.17) is 9.84 Å². The number of amides is 1. The van der Waals surface area contributed by atoms with Crippen molar-refractivity contribution in [2.75, 3.05) is 20.3 Å². The molecule has 1 aromatic carbocycles. The van der Waals surface area contributed by atoms with Crippen molar-refractivity contribution in [2.45, 2.75) is 25.3 Å². The van der Waals surface area contributed by atoms with E-state index in [1.807, 2.05) is 70.2 Å². The van der Waals surface area contributed by atoms with E-state index in [1.165, 1.54) is 0 Å². The summed E-state index contributed by atoms with van der Waals surface area (Å²) in [5, 5.41) is 4.74. The number of hydrogen-bond acceptors (Lipinski definition) is 3. The molecule has 1 unspecified atom stereocenters. The smallest absolute Gasteiger partial charge is 0.246 e. The monoisotopic (exact) mass is 375 g/mol. The molecule has 3 heterocycles. The zero-order valence-electron chi connectivity index (χ0n) is 16.1. The molecule has 3 aromatic rings. The first kappa shape index (κ1) is 18.4. The summed E-state index contributed by atoms with van der Waals surface area (Å²) >= 11 is 0. The van der Waals surface area contributed by atoms with Crippen molar-refractivity contribution < 1.29 is 9.53 Å². The molecule has 0 radical (unpaired) electrons. The lowest BCUT2D eigenvalue weighted by Gasteiger charge is -2.34. The molecule has 5 nitrogen and oxygen atoms in total. The molecule has 1 aliphatic heterocycles. The van der Waals surface area contributed by atoms with Crippen LogP contribution in [0.25, 0.3) is 22.9 Å². The topological polar surface area (TPSA) is 46.8 Å². The second-order valence-corrected chi connectivity index (χ2v) is 7.13. The Bertz CT molecular complexity index is 976. The maximum absolute atomic E-state index is 12.9. The summed E-state index contributed by atoms with van der Waals surface area (Å²) < 4.78 is 7.18. The average Bonchev–Trinajstić information content (AvgIpc) is 3.12. The lowest BCUT2D eigenvalue weighted by atomic mass is 10.0. The fourth-order valence-electron chi connectivity index (χ4n) is 3.90. The Morgan fingerprint density at radius 3 is 2.82 bits per heavy atom. The van der Waals surface area contributed by atoms with Gasteiger partial charge in [0.05, 0.1) is 18.2 Å². The SMILES string of the molecule is COCC1CCCCN1C(=O)C=Cc1c(-c2ccccc2)nn2ccccc12. The summed E-state index contributed by atoms with van der Waals surface area (Å²) in [4.78, 5) is 14.9. The number of methoxy groups -OCH3 is 1. The Hall–Kier alpha value is -2.92. The molecule has 0 aliphatic carbocycles. The highest BCUT2D eigenvalue weighted by molar-refractivity contribution is 5.95. The van der Waals surface area contributed by atoms with Gasteiger partial charge in [0.15, 0.2) is 0 Å². The maximum Gasteiger partial charge on any atom is 0.246 e. The second-order valence-electron chi connectivity index (χ2n) is 7.13. The van der Waals surface area contributed by atoms with E-state index < -0.39 is 0 Å². The summed E-state index contributed by atoms with van der Waals surface area (Å²) in [6, 6.07) is 16.2. The van der Waals surface area contributed by atoms with Gasteiger partial charge in [-0.15, -0.1) is 0 Å². The number of fused-ring (bicyclic) bond motifs is 1. The van der Waals surface area contributed by atoms with E-state index in [0.29, 0.717) is 6.61 Å². The van der Waals surface area contributed by atoms with Gasteiger partial charge in [-0.3, -0.25) is 4.79 Å². The van der Waals surface area contributed by atoms with Crippen LogP contribution in [0.5, 0.6) is 0 Å². The number of ether oxygens (including phenoxy) is 1. The van der Waals surface area contributed by atoms with Crippen molar-refractivity contribution in [2.24, 2.45) is 0 Å². The molecule has 0 spiro atoms. The van der Waals surface area contributed by atoms with Gasteiger partial charge in [-0.25, -0.2) is 4.52 Å². The molecule has 1 aliphatic rings. The normalized spacial score (nSPS) is 17.5. The number of rotatable bonds is 5. The van der Waals surface area contributed by atoms with Crippen LogP contribution in [0.3, 0.4) is 0 Å². The highest BCUT2D eigenvalue weighted by Crippen LogP contribution is 2.27. The Kier molecular flexibility index (Phi) is 5.53. The molecule has 1 atom stereocenters. The number of carbonyl (C=O) groups excluding carboxylic acids is 1. The Morgan fingerprint density at radius 2 is 2.00 bits per heavy atom. The number of hydrogen-bond donors (Lipinski definition) is 0. The van der Waals surface area contributed by atoms with Gasteiger partial charge in [-0.1, -0.05) is 36.4 Å². The van der Waals surface area contributed by atoms with E-state index in [-0.39, 0.29) is 11.9 Å². The summed E-state index contributed by atoms with van der Waals surface area (Å²) in [7, 11) is 1.69. The number of piperidine rings is 1. The standard InChI is InChI=1S/C23H25N3O2/c1-28-17-19-11-5-7-15-25(19)22(27)14-13-20-21-12-6-8-16-26(21)24-23(20)18-9-3-2-4-10-18/h2-4,6,8-10,12-14,16,19H,5,7,11,15,17H2,1H3. The van der Waals surface area contributed by atoms with Crippen molar-refractivity contribution in [3.8, 4) is 11.3 Å². The lowest BCUT2D eigenvalue weighted by Crippen LogP contribution is -2.45. The molecule has 28 heavy (non-hydrogen) atoms. The fourth-order valence-corrected chi connectivity index (χ4v) is 3.90. The predicted molar refractivity (Wildman–Crippen MR) is 111 cm³/mol. The number of likely N-dealkylation sites (tertiary alicyclic amines) is 1. The van der Waals surface area contributed by atoms with Gasteiger partial charge in [-0.2, -0.15) is 5.10 Å². The Labute approximate surface area is 165 Å². The van der Waals surface area contributed by atoms with Crippen LogP contribution in [0.4, 0.5) is 0 Å². The molecule has 1 amide bonds. The van der Waals surface area contributed by atoms with E-state index in [0.717, 1.165) is 48.1 Å². The van der Waals surface area contributed by atoms with E-state index >= 15 is 0 Å². The van der Waals surface area contributed by atoms with Gasteiger partial charge >= 0.3 is 0 Å². The molecule has 1 saturated heterocycles. The van der Waals surface area contributed by atoms with Gasteiger partial charge in [-0.05, 0) is 37.5 Å². The number of aromatic nitrogens is 2. The number of pyridine rings is 1. The molecular formula is C23H25N3O2. The quantitative estimate of drug-likeness (QED) is 0.632. The minimum atomic E-state index is 0.0380. The fraction of sp³-hybridized carbons (Fsp3) is 0.304. The highest BCUT2D eigenvalue weighted by atomic mass is 16.5. The maximum atomic E-state index is 12.9. The number of benzene rings is 1. The van der Waals surface area contributed by atoms with Gasteiger partial charge in [0.1, 0.15) is 5.69 Å². The Morgan fingerprint density at radius 1 is 1.18 bits per heavy atom. The third-order valence-corrected chi connectivity index (χ3v) is 5.29. The second kappa shape index (κ2) is 8.40. The van der Waals surface area contributed by atoms with E-state index in [2.05, 4.69) is 0 Å². The lowest BCUT2D eigenvalue weighted by molar-refractivity contribution is -0.130. The minimum absolute atomic E-state index is 0.0380. The molecular weight excluding hydrogens is 350 g/mol. The van der Waals surface area contributed by atoms with Crippen molar-refractivity contribution >= 4 is 17.5 Å². The van der Waals surface area contributed by atoms with Crippen LogP contribution in [0.2, 0.25) is 0 Å². The van der Waals surface area contributed by atoms with Crippen LogP contribution in [0.1, 0.15) is 24.8 Å². The molecule has 2 aromatic heterocycles. The molecule has 144 valence electrons. The van der Waals surface area contributed by atoms with Crippen molar-refractivity contribution in [3.05, 3.63) is 66.4 Å². The molecule has 1 fully saturated rings. The average molecular weight is 375 g/mol. The summed E-state index contributed by atoms with van der Waals surface area (Å²) in [5.41, 5.74) is 3.86. The molecule has 0 N–H and O–H groups in total. The van der Waals surface area contributed by atoms with Crippen LogP contribution in [0.15, 0.2) is 60.8 Å². The van der Waals surface area contributed by atoms with Crippen molar-refractivity contribution in [1.29, 1.82) is 0 Å². The number of carbonyl (C=O) groups is 1. The van der Waals surface area contributed by atoms with E-state index in [1.54, 1.807) is 13.2 Å². The molecule has 4 rings (SSSR count). The summed E-state index contributed by atoms with van der Waals surface area (Å²) in [6.07, 6.45) is 8.72. The largest absolute Gasteiger partial charge is 0.383 e. The Balaban J connectivity index is 1.68. The third kappa shape index (κ3) is 3.71. The molecule has 0 bridgehead atoms. The van der Waals surface area contributed by atoms with Crippen LogP contribution in [-0.2, 0) is 9.53 Å². The molecule has 5 heteroatoms. The molecule has 0 saturated carbocycles. The third-order valence-electron chi connectivity index (χ3n) is 5.29. The predicted octanol–water partition coefficient (Wildman–Crippen LogP) is 4.04. The van der Waals surface area contributed by atoms with Gasteiger partial charge < -0.3 is 9.64 Å². The highest BCUT2D eigenvalue weighted by Gasteiger charge is 2.25. The summed E-state index contributed by atoms with van der Waals surface area (Å²) in [6.45, 7) is 1.38. The van der Waals surface area contributed by atoms with Crippen molar-refractivity contribution in [3.63, 3.8) is 0 Å². The van der Waals surface area contributed by atoms with Gasteiger partial charge in [0, 0.05) is 37.1 Å². The van der Waals surface area contributed by atoms with Gasteiger partial charge in [0.2, 0.25) is 5.91 Å². The van der Waals surface area contributed by atoms with Crippen LogP contribution >= 0.6 is 0 Å². The van der Waals surface area contributed by atoms with Crippen LogP contribution < -0.4 is 0 Å². The first-order valence-electron chi connectivity index (χ1n) is 9.78.